The third-order valence-corrected chi connectivity index (χ3v) is 3.55. The Labute approximate surface area is 124 Å². The first-order chi connectivity index (χ1) is 9.52. The highest BCUT2D eigenvalue weighted by Gasteiger charge is 2.10. The molecule has 2 N–H and O–H groups in total. The molecule has 0 aliphatic heterocycles. The van der Waals surface area contributed by atoms with Gasteiger partial charge in [0.2, 0.25) is 0 Å². The van der Waals surface area contributed by atoms with Crippen molar-refractivity contribution in [2.75, 3.05) is 11.9 Å². The number of hydrogen-bond acceptors (Lipinski definition) is 3. The van der Waals surface area contributed by atoms with Gasteiger partial charge in [-0.25, -0.2) is 0 Å². The van der Waals surface area contributed by atoms with Crippen molar-refractivity contribution in [2.24, 2.45) is 5.73 Å². The van der Waals surface area contributed by atoms with E-state index in [4.69, 9.17) is 22.6 Å². The van der Waals surface area contributed by atoms with Crippen LogP contribution in [0.2, 0.25) is 5.02 Å². The summed E-state index contributed by atoms with van der Waals surface area (Å²) in [5, 5.41) is 9.47. The molecule has 0 fully saturated rings. The van der Waals surface area contributed by atoms with Crippen LogP contribution in [0.15, 0.2) is 42.5 Å². The van der Waals surface area contributed by atoms with Crippen LogP contribution in [0.1, 0.15) is 24.1 Å². The Morgan fingerprint density at radius 3 is 2.35 bits per heavy atom. The fourth-order valence-electron chi connectivity index (χ4n) is 1.98. The molecule has 4 heteroatoms. The molecule has 0 heterocycles. The third-order valence-electron chi connectivity index (χ3n) is 3.24. The quantitative estimate of drug-likeness (QED) is 0.927. The van der Waals surface area contributed by atoms with Crippen molar-refractivity contribution in [2.45, 2.75) is 13.0 Å². The van der Waals surface area contributed by atoms with Crippen molar-refractivity contribution in [1.82, 2.24) is 0 Å². The minimum Gasteiger partial charge on any atom is -0.343 e. The lowest BCUT2D eigenvalue weighted by Gasteiger charge is -2.21. The van der Waals surface area contributed by atoms with Crippen molar-refractivity contribution in [3.05, 3.63) is 58.6 Å². The van der Waals surface area contributed by atoms with E-state index in [0.29, 0.717) is 10.6 Å². The predicted octanol–water partition coefficient (Wildman–Crippen LogP) is 4.00. The van der Waals surface area contributed by atoms with E-state index in [9.17, 15) is 0 Å². The number of nitrogens with zero attached hydrogens (tertiary/aromatic N) is 2. The van der Waals surface area contributed by atoms with Crippen LogP contribution in [0.3, 0.4) is 0 Å². The lowest BCUT2D eigenvalue weighted by atomic mass is 10.1. The van der Waals surface area contributed by atoms with Gasteiger partial charge in [0, 0.05) is 18.8 Å². The monoisotopic (exact) mass is 285 g/mol. The Kier molecular flexibility index (Phi) is 4.29. The zero-order valence-corrected chi connectivity index (χ0v) is 12.2. The van der Waals surface area contributed by atoms with E-state index < -0.39 is 0 Å². The number of anilines is 2. The summed E-state index contributed by atoms with van der Waals surface area (Å²) in [6, 6.07) is 15.3. The molecule has 0 saturated carbocycles. The molecule has 0 saturated heterocycles. The molecule has 2 aromatic carbocycles. The topological polar surface area (TPSA) is 53.0 Å². The lowest BCUT2D eigenvalue weighted by molar-refractivity contribution is 0.818. The van der Waals surface area contributed by atoms with E-state index in [2.05, 4.69) is 6.07 Å². The maximum Gasteiger partial charge on any atom is 0.0991 e. The number of hydrogen-bond donors (Lipinski definition) is 1. The zero-order valence-electron chi connectivity index (χ0n) is 11.5. The van der Waals surface area contributed by atoms with Gasteiger partial charge in [-0.1, -0.05) is 17.7 Å². The fourth-order valence-corrected chi connectivity index (χ4v) is 2.29. The molecule has 0 aliphatic rings. The van der Waals surface area contributed by atoms with Gasteiger partial charge in [-0.2, -0.15) is 5.26 Å². The van der Waals surface area contributed by atoms with Gasteiger partial charge in [0.15, 0.2) is 0 Å². The molecule has 1 atom stereocenters. The highest BCUT2D eigenvalue weighted by atomic mass is 35.5. The van der Waals surface area contributed by atoms with Gasteiger partial charge >= 0.3 is 0 Å². The van der Waals surface area contributed by atoms with Crippen LogP contribution in [0.4, 0.5) is 11.4 Å². The second-order valence-corrected chi connectivity index (χ2v) is 5.12. The molecular formula is C16H16ClN3. The van der Waals surface area contributed by atoms with Crippen molar-refractivity contribution in [3.8, 4) is 6.07 Å². The molecule has 2 aromatic rings. The second-order valence-electron chi connectivity index (χ2n) is 4.72. The van der Waals surface area contributed by atoms with Crippen LogP contribution < -0.4 is 10.6 Å². The Morgan fingerprint density at radius 2 is 1.85 bits per heavy atom. The molecule has 2 rings (SSSR count). The normalized spacial score (nSPS) is 11.8. The third kappa shape index (κ3) is 2.93. The van der Waals surface area contributed by atoms with Crippen molar-refractivity contribution in [3.63, 3.8) is 0 Å². The van der Waals surface area contributed by atoms with E-state index in [1.807, 2.05) is 49.2 Å². The molecule has 0 unspecified atom stereocenters. The van der Waals surface area contributed by atoms with Gasteiger partial charge in [0.25, 0.3) is 0 Å². The highest BCUT2D eigenvalue weighted by molar-refractivity contribution is 6.33. The lowest BCUT2D eigenvalue weighted by Crippen LogP contribution is -2.11. The molecule has 0 spiro atoms. The van der Waals surface area contributed by atoms with E-state index in [1.165, 1.54) is 0 Å². The maximum atomic E-state index is 8.81. The summed E-state index contributed by atoms with van der Waals surface area (Å²) >= 11 is 6.33. The molecule has 0 aliphatic carbocycles. The summed E-state index contributed by atoms with van der Waals surface area (Å²) in [4.78, 5) is 1.98. The fraction of sp³-hybridized carbons (Fsp3) is 0.188. The van der Waals surface area contributed by atoms with Gasteiger partial charge in [0.05, 0.1) is 22.3 Å². The maximum absolute atomic E-state index is 8.81. The van der Waals surface area contributed by atoms with Gasteiger partial charge in [0.1, 0.15) is 0 Å². The van der Waals surface area contributed by atoms with Crippen LogP contribution in [0.25, 0.3) is 0 Å². The number of nitrogens with two attached hydrogens (primary N) is 1. The summed E-state index contributed by atoms with van der Waals surface area (Å²) in [5.74, 6) is 0. The number of rotatable bonds is 3. The van der Waals surface area contributed by atoms with Gasteiger partial charge in [-0.05, 0) is 48.9 Å². The van der Waals surface area contributed by atoms with Crippen molar-refractivity contribution in [1.29, 1.82) is 5.26 Å². The minimum absolute atomic E-state index is 0.0400. The highest BCUT2D eigenvalue weighted by Crippen LogP contribution is 2.32. The van der Waals surface area contributed by atoms with Gasteiger partial charge in [-0.15, -0.1) is 0 Å². The first-order valence-corrected chi connectivity index (χ1v) is 6.69. The minimum atomic E-state index is -0.0400. The molecule has 20 heavy (non-hydrogen) atoms. The van der Waals surface area contributed by atoms with Crippen molar-refractivity contribution >= 4 is 23.0 Å². The summed E-state index contributed by atoms with van der Waals surface area (Å²) in [5.41, 5.74) is 9.37. The van der Waals surface area contributed by atoms with Crippen LogP contribution in [0.5, 0.6) is 0 Å². The van der Waals surface area contributed by atoms with Crippen LogP contribution in [-0.4, -0.2) is 7.05 Å². The largest absolute Gasteiger partial charge is 0.343 e. The average molecular weight is 286 g/mol. The van der Waals surface area contributed by atoms with E-state index in [1.54, 1.807) is 12.1 Å². The van der Waals surface area contributed by atoms with Gasteiger partial charge < -0.3 is 10.6 Å². The first kappa shape index (κ1) is 14.4. The Balaban J connectivity index is 2.33. The molecule has 0 aromatic heterocycles. The van der Waals surface area contributed by atoms with Crippen molar-refractivity contribution < 1.29 is 0 Å². The summed E-state index contributed by atoms with van der Waals surface area (Å²) in [6.45, 7) is 1.93. The number of nitriles is 1. The molecule has 0 radical (unpaired) electrons. The number of benzene rings is 2. The number of halogens is 1. The van der Waals surface area contributed by atoms with Crippen LogP contribution in [-0.2, 0) is 0 Å². The Hall–Kier alpha value is -2.02. The summed E-state index contributed by atoms with van der Waals surface area (Å²) in [6.07, 6.45) is 0. The van der Waals surface area contributed by atoms with E-state index in [0.717, 1.165) is 16.9 Å². The van der Waals surface area contributed by atoms with Crippen LogP contribution in [0, 0.1) is 11.3 Å². The predicted molar refractivity (Wildman–Crippen MR) is 83.3 cm³/mol. The SMILES string of the molecule is C[C@@H](N)c1ccc(N(C)c2ccc(C#N)cc2)c(Cl)c1. The smallest absolute Gasteiger partial charge is 0.0991 e. The standard InChI is InChI=1S/C16H16ClN3/c1-11(19)13-5-8-16(15(17)9-13)20(2)14-6-3-12(10-18)4-7-14/h3-9,11H,19H2,1-2H3/t11-/m1/s1. The first-order valence-electron chi connectivity index (χ1n) is 6.32. The average Bonchev–Trinajstić information content (AvgIpc) is 2.46. The summed E-state index contributed by atoms with van der Waals surface area (Å²) < 4.78 is 0. The molecule has 102 valence electrons. The van der Waals surface area contributed by atoms with Gasteiger partial charge in [-0.3, -0.25) is 0 Å². The summed E-state index contributed by atoms with van der Waals surface area (Å²) in [7, 11) is 1.94. The van der Waals surface area contributed by atoms with E-state index >= 15 is 0 Å². The molecule has 3 nitrogen and oxygen atoms in total. The van der Waals surface area contributed by atoms with Crippen LogP contribution >= 0.6 is 11.6 Å². The molecule has 0 bridgehead atoms. The Bertz CT molecular complexity index is 642. The Morgan fingerprint density at radius 1 is 1.20 bits per heavy atom. The second kappa shape index (κ2) is 5.96. The molecule has 0 amide bonds. The van der Waals surface area contributed by atoms with E-state index in [-0.39, 0.29) is 6.04 Å². The molecular weight excluding hydrogens is 270 g/mol. The zero-order chi connectivity index (χ0) is 14.7.